The van der Waals surface area contributed by atoms with Crippen LogP contribution in [0.4, 0.5) is 17.1 Å². The second-order valence-corrected chi connectivity index (χ2v) is 7.71. The maximum Gasteiger partial charge on any atom is 0.273 e. The van der Waals surface area contributed by atoms with E-state index in [0.29, 0.717) is 9.82 Å². The van der Waals surface area contributed by atoms with Gasteiger partial charge in [-0.1, -0.05) is 13.2 Å². The van der Waals surface area contributed by atoms with E-state index in [2.05, 4.69) is 13.2 Å². The van der Waals surface area contributed by atoms with E-state index in [1.54, 1.807) is 0 Å². The van der Waals surface area contributed by atoms with Gasteiger partial charge in [-0.3, -0.25) is 0 Å². The Balaban J connectivity index is 3.57. The number of hydrogen-bond acceptors (Lipinski definition) is 6. The SMILES string of the molecule is C=CS(=O)(=O)NN(c1cc(N)ccc1N)S(=O)(=O)C(=C)C. The number of nitrogen functional groups attached to an aromatic ring is 2. The Morgan fingerprint density at radius 1 is 1.29 bits per heavy atom. The first-order chi connectivity index (χ1) is 9.51. The first kappa shape index (κ1) is 17.0. The Morgan fingerprint density at radius 2 is 1.86 bits per heavy atom. The molecular weight excluding hydrogens is 316 g/mol. The van der Waals surface area contributed by atoms with Crippen molar-refractivity contribution in [1.82, 2.24) is 4.83 Å². The van der Waals surface area contributed by atoms with Crippen molar-refractivity contribution in [3.8, 4) is 0 Å². The molecule has 0 aliphatic carbocycles. The summed E-state index contributed by atoms with van der Waals surface area (Å²) in [5.41, 5.74) is 11.4. The quantitative estimate of drug-likeness (QED) is 0.512. The van der Waals surface area contributed by atoms with Crippen LogP contribution in [0.5, 0.6) is 0 Å². The summed E-state index contributed by atoms with van der Waals surface area (Å²) in [5, 5.41) is 0.566. The molecule has 0 unspecified atom stereocenters. The summed E-state index contributed by atoms with van der Waals surface area (Å²) >= 11 is 0. The number of rotatable bonds is 6. The Kier molecular flexibility index (Phi) is 4.66. The molecule has 0 saturated heterocycles. The standard InChI is InChI=1S/C11H16N4O4S2/c1-4-20(16,17)14-15(21(18,19)8(2)3)11-7-9(12)5-6-10(11)13/h4-7,14H,1-2,12-13H2,3H3. The summed E-state index contributed by atoms with van der Waals surface area (Å²) in [7, 11) is -8.30. The van der Waals surface area contributed by atoms with Gasteiger partial charge in [0, 0.05) is 11.1 Å². The van der Waals surface area contributed by atoms with Crippen LogP contribution in [0.15, 0.2) is 41.7 Å². The molecule has 0 saturated carbocycles. The third kappa shape index (κ3) is 3.74. The summed E-state index contributed by atoms with van der Waals surface area (Å²) in [6.07, 6.45) is 0. The predicted octanol–water partition coefficient (Wildman–Crippen LogP) is 0.499. The van der Waals surface area contributed by atoms with Gasteiger partial charge in [0.05, 0.1) is 16.3 Å². The zero-order valence-corrected chi connectivity index (χ0v) is 12.9. The van der Waals surface area contributed by atoms with E-state index in [4.69, 9.17) is 11.5 Å². The first-order valence-corrected chi connectivity index (χ1v) is 8.50. The topological polar surface area (TPSA) is 136 Å². The van der Waals surface area contributed by atoms with Crippen LogP contribution in [-0.2, 0) is 20.0 Å². The average Bonchev–Trinajstić information content (AvgIpc) is 2.39. The average molecular weight is 332 g/mol. The van der Waals surface area contributed by atoms with Gasteiger partial charge in [0.15, 0.2) is 0 Å². The largest absolute Gasteiger partial charge is 0.399 e. The van der Waals surface area contributed by atoms with Gasteiger partial charge in [-0.05, 0) is 25.1 Å². The van der Waals surface area contributed by atoms with Crippen molar-refractivity contribution in [1.29, 1.82) is 0 Å². The highest BCUT2D eigenvalue weighted by Crippen LogP contribution is 2.28. The van der Waals surface area contributed by atoms with Crippen LogP contribution in [0, 0.1) is 0 Å². The Bertz CT molecular complexity index is 784. The molecule has 0 heterocycles. The highest BCUT2D eigenvalue weighted by molar-refractivity contribution is 7.98. The Morgan fingerprint density at radius 3 is 2.33 bits per heavy atom. The highest BCUT2D eigenvalue weighted by atomic mass is 32.2. The van der Waals surface area contributed by atoms with Gasteiger partial charge in [0.25, 0.3) is 20.0 Å². The summed E-state index contributed by atoms with van der Waals surface area (Å²) in [6.45, 7) is 7.63. The van der Waals surface area contributed by atoms with E-state index in [-0.39, 0.29) is 22.0 Å². The number of anilines is 3. The summed E-state index contributed by atoms with van der Waals surface area (Å²) in [6, 6.07) is 4.03. The molecular formula is C11H16N4O4S2. The summed E-state index contributed by atoms with van der Waals surface area (Å²) in [5.74, 6) is 0. The molecule has 0 bridgehead atoms. The van der Waals surface area contributed by atoms with Crippen molar-refractivity contribution in [3.63, 3.8) is 0 Å². The van der Waals surface area contributed by atoms with Gasteiger partial charge in [0.1, 0.15) is 0 Å². The van der Waals surface area contributed by atoms with Crippen LogP contribution < -0.4 is 20.7 Å². The van der Waals surface area contributed by atoms with Crippen LogP contribution >= 0.6 is 0 Å². The zero-order chi connectivity index (χ0) is 16.4. The number of nitrogens with one attached hydrogen (secondary N) is 1. The minimum absolute atomic E-state index is 0.0146. The smallest absolute Gasteiger partial charge is 0.273 e. The molecule has 21 heavy (non-hydrogen) atoms. The van der Waals surface area contributed by atoms with Crippen LogP contribution in [0.2, 0.25) is 0 Å². The van der Waals surface area contributed by atoms with Crippen LogP contribution in [0.3, 0.4) is 0 Å². The number of hydrazine groups is 1. The van der Waals surface area contributed by atoms with Crippen molar-refractivity contribution in [2.75, 3.05) is 15.9 Å². The molecule has 0 fully saturated rings. The fourth-order valence-electron chi connectivity index (χ4n) is 1.27. The van der Waals surface area contributed by atoms with E-state index in [9.17, 15) is 16.8 Å². The summed E-state index contributed by atoms with van der Waals surface area (Å²) in [4.78, 5) is 1.57. The number of hydrogen-bond donors (Lipinski definition) is 3. The lowest BCUT2D eigenvalue weighted by Crippen LogP contribution is -2.46. The van der Waals surface area contributed by atoms with E-state index < -0.39 is 20.0 Å². The highest BCUT2D eigenvalue weighted by Gasteiger charge is 2.28. The first-order valence-electron chi connectivity index (χ1n) is 5.52. The van der Waals surface area contributed by atoms with Crippen molar-refractivity contribution in [2.45, 2.75) is 6.92 Å². The lowest BCUT2D eigenvalue weighted by atomic mass is 10.2. The van der Waals surface area contributed by atoms with E-state index in [0.717, 1.165) is 0 Å². The second kappa shape index (κ2) is 5.76. The van der Waals surface area contributed by atoms with Crippen molar-refractivity contribution < 1.29 is 16.8 Å². The molecule has 10 heteroatoms. The molecule has 116 valence electrons. The molecule has 0 radical (unpaired) electrons. The number of benzene rings is 1. The molecule has 0 amide bonds. The number of sulfonamides is 2. The van der Waals surface area contributed by atoms with Gasteiger partial charge in [0.2, 0.25) is 0 Å². The van der Waals surface area contributed by atoms with E-state index in [1.807, 2.05) is 4.83 Å². The Labute approximate surface area is 123 Å². The van der Waals surface area contributed by atoms with E-state index in [1.165, 1.54) is 25.1 Å². The zero-order valence-electron chi connectivity index (χ0n) is 11.3. The predicted molar refractivity (Wildman–Crippen MR) is 83.7 cm³/mol. The fourth-order valence-corrected chi connectivity index (χ4v) is 3.11. The molecule has 1 aromatic rings. The third-order valence-electron chi connectivity index (χ3n) is 2.38. The molecule has 0 atom stereocenters. The maximum atomic E-state index is 12.3. The molecule has 5 N–H and O–H groups in total. The number of nitrogens with two attached hydrogens (primary N) is 2. The van der Waals surface area contributed by atoms with Gasteiger partial charge >= 0.3 is 0 Å². The third-order valence-corrected chi connectivity index (χ3v) is 5.02. The number of allylic oxidation sites excluding steroid dienone is 1. The molecule has 0 aliphatic heterocycles. The molecule has 0 aromatic heterocycles. The monoisotopic (exact) mass is 332 g/mol. The number of nitrogens with zero attached hydrogens (tertiary/aromatic N) is 1. The van der Waals surface area contributed by atoms with Crippen molar-refractivity contribution >= 4 is 37.1 Å². The molecule has 0 aliphatic rings. The fraction of sp³-hybridized carbons (Fsp3) is 0.0909. The van der Waals surface area contributed by atoms with Gasteiger partial charge in [-0.15, -0.1) is 4.83 Å². The molecule has 8 nitrogen and oxygen atoms in total. The van der Waals surface area contributed by atoms with Gasteiger partial charge < -0.3 is 11.5 Å². The van der Waals surface area contributed by atoms with Gasteiger partial charge in [-0.2, -0.15) is 4.41 Å². The van der Waals surface area contributed by atoms with Crippen molar-refractivity contribution in [3.05, 3.63) is 41.7 Å². The van der Waals surface area contributed by atoms with Crippen molar-refractivity contribution in [2.24, 2.45) is 0 Å². The van der Waals surface area contributed by atoms with Crippen LogP contribution in [-0.4, -0.2) is 16.8 Å². The molecule has 1 rings (SSSR count). The Hall–Kier alpha value is -2.04. The minimum atomic E-state index is -4.21. The normalized spacial score (nSPS) is 11.9. The minimum Gasteiger partial charge on any atom is -0.399 e. The van der Waals surface area contributed by atoms with E-state index >= 15 is 0 Å². The molecule has 0 spiro atoms. The lowest BCUT2D eigenvalue weighted by molar-refractivity contribution is 0.578. The second-order valence-electron chi connectivity index (χ2n) is 4.09. The maximum absolute atomic E-state index is 12.3. The van der Waals surface area contributed by atoms with Crippen LogP contribution in [0.1, 0.15) is 6.92 Å². The molecule has 1 aromatic carbocycles. The van der Waals surface area contributed by atoms with Crippen LogP contribution in [0.25, 0.3) is 0 Å². The van der Waals surface area contributed by atoms with Gasteiger partial charge in [-0.25, -0.2) is 16.8 Å². The summed E-state index contributed by atoms with van der Waals surface area (Å²) < 4.78 is 48.1. The lowest BCUT2D eigenvalue weighted by Gasteiger charge is -2.25.